The first-order chi connectivity index (χ1) is 16.8. The maximum absolute atomic E-state index is 12.8. The fraction of sp³-hybridized carbons (Fsp3) is 0.261. The van der Waals surface area contributed by atoms with Gasteiger partial charge in [0.1, 0.15) is 12.1 Å². The van der Waals surface area contributed by atoms with E-state index in [1.165, 1.54) is 18.5 Å². The van der Waals surface area contributed by atoms with Gasteiger partial charge in [0.15, 0.2) is 17.0 Å². The van der Waals surface area contributed by atoms with Crippen LogP contribution >= 0.6 is 0 Å². The molecule has 4 aromatic rings. The summed E-state index contributed by atoms with van der Waals surface area (Å²) in [5.74, 6) is 0.968. The van der Waals surface area contributed by atoms with Crippen molar-refractivity contribution in [2.75, 3.05) is 38.2 Å². The van der Waals surface area contributed by atoms with Crippen molar-refractivity contribution < 1.29 is 22.7 Å². The summed E-state index contributed by atoms with van der Waals surface area (Å²) in [5.41, 5.74) is 1.23. The third-order valence-corrected chi connectivity index (χ3v) is 5.84. The minimum atomic E-state index is -4.44. The Labute approximate surface area is 197 Å². The van der Waals surface area contributed by atoms with Crippen LogP contribution in [0.25, 0.3) is 16.9 Å². The zero-order chi connectivity index (χ0) is 24.6. The fourth-order valence-electron chi connectivity index (χ4n) is 3.99. The summed E-state index contributed by atoms with van der Waals surface area (Å²) >= 11 is 0. The molecule has 5 rings (SSSR count). The number of carbonyl (C=O) groups is 1. The number of aromatic nitrogens is 5. The van der Waals surface area contributed by atoms with Crippen LogP contribution in [0, 0.1) is 0 Å². The lowest BCUT2D eigenvalue weighted by Gasteiger charge is -2.35. The topological polar surface area (TPSA) is 89.3 Å². The van der Waals surface area contributed by atoms with E-state index in [1.54, 1.807) is 16.7 Å². The van der Waals surface area contributed by atoms with Gasteiger partial charge in [-0.15, -0.1) is 5.10 Å². The van der Waals surface area contributed by atoms with Crippen LogP contribution in [0.4, 0.5) is 19.0 Å². The molecule has 0 unspecified atom stereocenters. The van der Waals surface area contributed by atoms with Crippen LogP contribution < -0.4 is 9.64 Å². The number of fused-ring (bicyclic) bond motifs is 1. The number of hydrogen-bond donors (Lipinski definition) is 0. The summed E-state index contributed by atoms with van der Waals surface area (Å²) in [6.45, 7) is 1.72. The Kier molecular flexibility index (Phi) is 5.71. The van der Waals surface area contributed by atoms with E-state index in [-0.39, 0.29) is 11.5 Å². The molecule has 0 spiro atoms. The number of ether oxygens (including phenoxy) is 1. The Bertz CT molecular complexity index is 1360. The van der Waals surface area contributed by atoms with E-state index in [4.69, 9.17) is 4.74 Å². The van der Waals surface area contributed by atoms with Gasteiger partial charge in [0.05, 0.1) is 18.4 Å². The van der Waals surface area contributed by atoms with E-state index in [9.17, 15) is 18.0 Å². The molecule has 180 valence electrons. The first-order valence-corrected chi connectivity index (χ1v) is 10.8. The van der Waals surface area contributed by atoms with E-state index in [1.807, 2.05) is 29.2 Å². The van der Waals surface area contributed by atoms with Crippen LogP contribution in [0.2, 0.25) is 0 Å². The molecule has 9 nitrogen and oxygen atoms in total. The standard InChI is InChI=1S/C23H20F3N7O2/c1-35-18-4-2-3-17(13-18)33-21-19(29-30-33)20(27-14-28-21)31-9-11-32(12-10-31)22(34)15-5-7-16(8-6-15)23(24,25)26/h2-8,13-14H,9-12H2,1H3. The largest absolute Gasteiger partial charge is 0.497 e. The zero-order valence-corrected chi connectivity index (χ0v) is 18.6. The minimum absolute atomic E-state index is 0.220. The highest BCUT2D eigenvalue weighted by molar-refractivity contribution is 5.94. The first kappa shape index (κ1) is 22.6. The SMILES string of the molecule is COc1cccc(-n2nnc3c(N4CCN(C(=O)c5ccc(C(F)(F)F)cc5)CC4)ncnc32)c1. The number of piperazine rings is 1. The van der Waals surface area contributed by atoms with Crippen molar-refractivity contribution in [2.24, 2.45) is 0 Å². The molecule has 0 radical (unpaired) electrons. The second-order valence-corrected chi connectivity index (χ2v) is 7.93. The molecular weight excluding hydrogens is 463 g/mol. The van der Waals surface area contributed by atoms with Crippen LogP contribution in [-0.2, 0) is 6.18 Å². The average molecular weight is 483 g/mol. The molecule has 1 saturated heterocycles. The number of benzene rings is 2. The Morgan fingerprint density at radius 3 is 2.43 bits per heavy atom. The number of nitrogens with zero attached hydrogens (tertiary/aromatic N) is 7. The molecule has 0 aliphatic carbocycles. The monoisotopic (exact) mass is 483 g/mol. The lowest BCUT2D eigenvalue weighted by atomic mass is 10.1. The van der Waals surface area contributed by atoms with Crippen molar-refractivity contribution in [1.29, 1.82) is 0 Å². The molecule has 0 atom stereocenters. The maximum Gasteiger partial charge on any atom is 0.416 e. The number of amides is 1. The fourth-order valence-corrected chi connectivity index (χ4v) is 3.99. The predicted molar refractivity (Wildman–Crippen MR) is 121 cm³/mol. The van der Waals surface area contributed by atoms with Gasteiger partial charge in [0.2, 0.25) is 0 Å². The van der Waals surface area contributed by atoms with Gasteiger partial charge in [-0.25, -0.2) is 9.97 Å². The highest BCUT2D eigenvalue weighted by Gasteiger charge is 2.31. The second-order valence-electron chi connectivity index (χ2n) is 7.93. The average Bonchev–Trinajstić information content (AvgIpc) is 3.32. The third-order valence-electron chi connectivity index (χ3n) is 5.84. The molecule has 2 aromatic heterocycles. The quantitative estimate of drug-likeness (QED) is 0.440. The lowest BCUT2D eigenvalue weighted by molar-refractivity contribution is -0.137. The van der Waals surface area contributed by atoms with Crippen LogP contribution in [0.15, 0.2) is 54.9 Å². The van der Waals surface area contributed by atoms with Crippen molar-refractivity contribution in [2.45, 2.75) is 6.18 Å². The zero-order valence-electron chi connectivity index (χ0n) is 18.6. The Hall–Kier alpha value is -4.22. The number of carbonyl (C=O) groups excluding carboxylic acids is 1. The molecule has 0 bridgehead atoms. The van der Waals surface area contributed by atoms with Gasteiger partial charge >= 0.3 is 6.18 Å². The Balaban J connectivity index is 1.32. The van der Waals surface area contributed by atoms with E-state index in [0.29, 0.717) is 48.9 Å². The van der Waals surface area contributed by atoms with Crippen molar-refractivity contribution in [3.8, 4) is 11.4 Å². The van der Waals surface area contributed by atoms with E-state index in [2.05, 4.69) is 20.3 Å². The summed E-state index contributed by atoms with van der Waals surface area (Å²) in [7, 11) is 1.58. The molecule has 3 heterocycles. The summed E-state index contributed by atoms with van der Waals surface area (Å²) in [4.78, 5) is 25.1. The number of rotatable bonds is 4. The lowest BCUT2D eigenvalue weighted by Crippen LogP contribution is -2.49. The predicted octanol–water partition coefficient (Wildman–Crippen LogP) is 3.20. The van der Waals surface area contributed by atoms with Crippen molar-refractivity contribution in [1.82, 2.24) is 29.9 Å². The van der Waals surface area contributed by atoms with Crippen LogP contribution in [-0.4, -0.2) is 69.1 Å². The van der Waals surface area contributed by atoms with Crippen LogP contribution in [0.3, 0.4) is 0 Å². The van der Waals surface area contributed by atoms with Gasteiger partial charge in [-0.2, -0.15) is 17.9 Å². The minimum Gasteiger partial charge on any atom is -0.497 e. The maximum atomic E-state index is 12.8. The third kappa shape index (κ3) is 4.34. The molecule has 1 amide bonds. The Morgan fingerprint density at radius 1 is 1.00 bits per heavy atom. The molecule has 1 aliphatic heterocycles. The van der Waals surface area contributed by atoms with E-state index >= 15 is 0 Å². The molecule has 1 fully saturated rings. The first-order valence-electron chi connectivity index (χ1n) is 10.8. The number of anilines is 1. The summed E-state index contributed by atoms with van der Waals surface area (Å²) in [5, 5.41) is 8.53. The van der Waals surface area contributed by atoms with Gasteiger partial charge in [0.25, 0.3) is 5.91 Å². The number of halogens is 3. The normalized spacial score (nSPS) is 14.4. The summed E-state index contributed by atoms with van der Waals surface area (Å²) < 4.78 is 45.3. The highest BCUT2D eigenvalue weighted by Crippen LogP contribution is 2.29. The molecule has 35 heavy (non-hydrogen) atoms. The van der Waals surface area contributed by atoms with E-state index in [0.717, 1.165) is 17.8 Å². The van der Waals surface area contributed by atoms with E-state index < -0.39 is 11.7 Å². The molecule has 12 heteroatoms. The number of hydrogen-bond acceptors (Lipinski definition) is 7. The highest BCUT2D eigenvalue weighted by atomic mass is 19.4. The van der Waals surface area contributed by atoms with Gasteiger partial charge in [-0.05, 0) is 36.4 Å². The molecule has 1 aliphatic rings. The molecule has 0 saturated carbocycles. The number of methoxy groups -OCH3 is 1. The molecule has 0 N–H and O–H groups in total. The van der Waals surface area contributed by atoms with Crippen molar-refractivity contribution >= 4 is 22.9 Å². The Morgan fingerprint density at radius 2 is 1.74 bits per heavy atom. The summed E-state index contributed by atoms with van der Waals surface area (Å²) in [6.07, 6.45) is -3.00. The van der Waals surface area contributed by atoms with Crippen molar-refractivity contribution in [3.63, 3.8) is 0 Å². The smallest absolute Gasteiger partial charge is 0.416 e. The van der Waals surface area contributed by atoms with Gasteiger partial charge in [-0.3, -0.25) is 4.79 Å². The second kappa shape index (κ2) is 8.85. The van der Waals surface area contributed by atoms with Crippen LogP contribution in [0.5, 0.6) is 5.75 Å². The molecule has 2 aromatic carbocycles. The van der Waals surface area contributed by atoms with Gasteiger partial charge < -0.3 is 14.5 Å². The van der Waals surface area contributed by atoms with Crippen LogP contribution in [0.1, 0.15) is 15.9 Å². The summed E-state index contributed by atoms with van der Waals surface area (Å²) in [6, 6.07) is 11.6. The van der Waals surface area contributed by atoms with Gasteiger partial charge in [0, 0.05) is 37.8 Å². The van der Waals surface area contributed by atoms with Crippen molar-refractivity contribution in [3.05, 3.63) is 66.0 Å². The molecular formula is C23H20F3N7O2. The number of alkyl halides is 3. The van der Waals surface area contributed by atoms with Gasteiger partial charge in [-0.1, -0.05) is 11.3 Å².